The number of methoxy groups -OCH3 is 1. The molecule has 2 atom stereocenters. The number of hydrogen-bond acceptors (Lipinski definition) is 4. The van der Waals surface area contributed by atoms with Gasteiger partial charge in [-0.3, -0.25) is 0 Å². The van der Waals surface area contributed by atoms with Gasteiger partial charge in [-0.1, -0.05) is 0 Å². The number of rotatable bonds is 8. The van der Waals surface area contributed by atoms with E-state index in [0.29, 0.717) is 11.2 Å². The molecular formula is C19H28BF2N5OP. The van der Waals surface area contributed by atoms with E-state index in [4.69, 9.17) is 23.7 Å². The molecule has 10 heteroatoms. The summed E-state index contributed by atoms with van der Waals surface area (Å²) >= 11 is 0. The molecule has 0 aromatic carbocycles. The van der Waals surface area contributed by atoms with Crippen LogP contribution in [-0.4, -0.2) is 50.5 Å². The van der Waals surface area contributed by atoms with Crippen molar-refractivity contribution in [3.05, 3.63) is 46.6 Å². The van der Waals surface area contributed by atoms with Gasteiger partial charge in [0, 0.05) is 0 Å². The van der Waals surface area contributed by atoms with E-state index < -0.39 is 17.1 Å². The molecule has 1 radical (unpaired) electrons. The third-order valence-corrected chi connectivity index (χ3v) is 4.88. The predicted octanol–water partition coefficient (Wildman–Crippen LogP) is 2.66. The van der Waals surface area contributed by atoms with Gasteiger partial charge in [0.25, 0.3) is 0 Å². The van der Waals surface area contributed by atoms with Crippen molar-refractivity contribution in [2.45, 2.75) is 27.2 Å². The van der Waals surface area contributed by atoms with E-state index in [1.54, 1.807) is 25.0 Å². The molecule has 6 nitrogen and oxygen atoms in total. The first-order valence-corrected chi connectivity index (χ1v) is 9.43. The Hall–Kier alpha value is -2.12. The Labute approximate surface area is 174 Å². The van der Waals surface area contributed by atoms with E-state index in [0.717, 1.165) is 5.57 Å². The van der Waals surface area contributed by atoms with E-state index in [9.17, 15) is 8.78 Å². The third-order valence-electron chi connectivity index (χ3n) is 4.42. The fraction of sp³-hybridized carbons (Fsp3) is 0.421. The minimum absolute atomic E-state index is 0.0322. The van der Waals surface area contributed by atoms with Crippen molar-refractivity contribution in [1.82, 2.24) is 4.90 Å². The van der Waals surface area contributed by atoms with Crippen molar-refractivity contribution in [3.63, 3.8) is 0 Å². The van der Waals surface area contributed by atoms with Crippen LogP contribution in [0.2, 0.25) is 0 Å². The predicted molar refractivity (Wildman–Crippen MR) is 121 cm³/mol. The van der Waals surface area contributed by atoms with Crippen LogP contribution < -0.4 is 11.5 Å². The molecule has 157 valence electrons. The maximum absolute atomic E-state index is 14.1. The summed E-state index contributed by atoms with van der Waals surface area (Å²) in [5.74, 6) is -1.66. The molecule has 0 aromatic rings. The summed E-state index contributed by atoms with van der Waals surface area (Å²) in [5.41, 5.74) is 12.4. The zero-order valence-electron chi connectivity index (χ0n) is 17.2. The SMILES string of the molecule is [B]=C(\C(C)=C(C)/C=N\C=C\N)N(CC1(C)C=C(F)C(F)=C(P)C1)C(N)=NCOC. The van der Waals surface area contributed by atoms with E-state index in [2.05, 4.69) is 19.2 Å². The maximum atomic E-state index is 14.1. The fourth-order valence-corrected chi connectivity index (χ4v) is 3.36. The standard InChI is InChI=1S/C19H28BF2N5OP/c1-12(9-25-6-5-23)13(2)17(20)27(18(24)26-11-28-4)10-19(3)7-14(21)16(22)15(29)8-19/h5-7,9H,8,10-11,23,29H2,1-4H3,(H2,24,26)/b6-5+,13-12-,25-9-. The van der Waals surface area contributed by atoms with E-state index >= 15 is 0 Å². The van der Waals surface area contributed by atoms with E-state index in [-0.39, 0.29) is 31.0 Å². The van der Waals surface area contributed by atoms with Gasteiger partial charge in [-0.2, -0.15) is 0 Å². The van der Waals surface area contributed by atoms with Crippen LogP contribution >= 0.6 is 9.24 Å². The average molecular weight is 422 g/mol. The fourth-order valence-electron chi connectivity index (χ4n) is 2.76. The Morgan fingerprint density at radius 2 is 2.10 bits per heavy atom. The summed E-state index contributed by atoms with van der Waals surface area (Å²) in [7, 11) is 10.1. The summed E-state index contributed by atoms with van der Waals surface area (Å²) in [5, 5.41) is 0.252. The molecule has 0 amide bonds. The van der Waals surface area contributed by atoms with Gasteiger partial charge in [-0.15, -0.1) is 0 Å². The summed E-state index contributed by atoms with van der Waals surface area (Å²) in [6.45, 7) is 5.65. The van der Waals surface area contributed by atoms with Crippen molar-refractivity contribution in [1.29, 1.82) is 0 Å². The van der Waals surface area contributed by atoms with Crippen molar-refractivity contribution >= 4 is 34.5 Å². The van der Waals surface area contributed by atoms with Crippen LogP contribution in [0.3, 0.4) is 0 Å². The number of halogens is 2. The first-order chi connectivity index (χ1) is 13.6. The first-order valence-electron chi connectivity index (χ1n) is 8.85. The molecule has 1 aliphatic rings. The van der Waals surface area contributed by atoms with Gasteiger partial charge in [0.2, 0.25) is 0 Å². The van der Waals surface area contributed by atoms with Gasteiger partial charge in [-0.05, 0) is 0 Å². The molecule has 0 fully saturated rings. The van der Waals surface area contributed by atoms with Crippen LogP contribution in [-0.2, 0) is 4.74 Å². The molecule has 0 spiro atoms. The number of nitrogens with two attached hydrogens (primary N) is 2. The number of hydrogen-bond donors (Lipinski definition) is 2. The Morgan fingerprint density at radius 1 is 1.45 bits per heavy atom. The average Bonchev–Trinajstić information content (AvgIpc) is 2.67. The second-order valence-corrected chi connectivity index (χ2v) is 7.69. The molecule has 0 aliphatic heterocycles. The normalized spacial score (nSPS) is 21.6. The quantitative estimate of drug-likeness (QED) is 0.273. The van der Waals surface area contributed by atoms with Crippen LogP contribution in [0.15, 0.2) is 56.6 Å². The molecule has 4 N–H and O–H groups in total. The minimum atomic E-state index is -0.904. The Balaban J connectivity index is 3.29. The zero-order chi connectivity index (χ0) is 22.2. The van der Waals surface area contributed by atoms with Gasteiger partial charge >= 0.3 is 174 Å². The molecule has 1 aliphatic carbocycles. The van der Waals surface area contributed by atoms with Gasteiger partial charge < -0.3 is 0 Å². The zero-order valence-corrected chi connectivity index (χ0v) is 18.4. The second-order valence-electron chi connectivity index (χ2n) is 7.00. The molecule has 1 rings (SSSR count). The second kappa shape index (κ2) is 11.2. The van der Waals surface area contributed by atoms with E-state index in [1.807, 2.05) is 6.92 Å². The van der Waals surface area contributed by atoms with Crippen LogP contribution in [0.1, 0.15) is 27.2 Å². The molecular weight excluding hydrogens is 394 g/mol. The molecule has 2 unspecified atom stereocenters. The number of allylic oxidation sites excluding steroid dienone is 4. The monoisotopic (exact) mass is 422 g/mol. The van der Waals surface area contributed by atoms with Crippen LogP contribution in [0.25, 0.3) is 0 Å². The Morgan fingerprint density at radius 3 is 2.66 bits per heavy atom. The Bertz CT molecular complexity index is 819. The number of guanidine groups is 1. The van der Waals surface area contributed by atoms with Crippen molar-refractivity contribution < 1.29 is 13.5 Å². The molecule has 0 saturated heterocycles. The third kappa shape index (κ3) is 7.01. The molecule has 0 saturated carbocycles. The van der Waals surface area contributed by atoms with Crippen LogP contribution in [0, 0.1) is 5.41 Å². The summed E-state index contributed by atoms with van der Waals surface area (Å²) in [6, 6.07) is 0. The summed E-state index contributed by atoms with van der Waals surface area (Å²) in [6.07, 6.45) is 5.89. The van der Waals surface area contributed by atoms with Crippen LogP contribution in [0.4, 0.5) is 8.78 Å². The van der Waals surface area contributed by atoms with E-state index in [1.165, 1.54) is 25.6 Å². The summed E-state index contributed by atoms with van der Waals surface area (Å²) in [4.78, 5) is 9.74. The van der Waals surface area contributed by atoms with Gasteiger partial charge in [-0.25, -0.2) is 0 Å². The molecule has 0 bridgehead atoms. The topological polar surface area (TPSA) is 89.2 Å². The van der Waals surface area contributed by atoms with Crippen molar-refractivity contribution in [2.75, 3.05) is 20.4 Å². The Kier molecular flexibility index (Phi) is 9.60. The van der Waals surface area contributed by atoms with Gasteiger partial charge in [0.05, 0.1) is 0 Å². The van der Waals surface area contributed by atoms with Gasteiger partial charge in [0.15, 0.2) is 0 Å². The van der Waals surface area contributed by atoms with Crippen molar-refractivity contribution in [2.24, 2.45) is 26.9 Å². The molecule has 0 heterocycles. The number of aliphatic imine (C=N–C) groups is 2. The van der Waals surface area contributed by atoms with Crippen molar-refractivity contribution in [3.8, 4) is 0 Å². The molecule has 29 heavy (non-hydrogen) atoms. The van der Waals surface area contributed by atoms with Crippen LogP contribution in [0.5, 0.6) is 0 Å². The number of ether oxygens (including phenoxy) is 1. The first kappa shape index (κ1) is 24.9. The summed E-state index contributed by atoms with van der Waals surface area (Å²) < 4.78 is 32.8. The molecule has 0 aromatic heterocycles. The number of nitrogens with zero attached hydrogens (tertiary/aromatic N) is 3. The van der Waals surface area contributed by atoms with Gasteiger partial charge in [0.1, 0.15) is 0 Å².